The molecular weight excluding hydrogens is 440 g/mol. The first kappa shape index (κ1) is 22.3. The molecule has 33 heavy (non-hydrogen) atoms. The highest BCUT2D eigenvalue weighted by Gasteiger charge is 2.44. The number of aryl methyl sites for hydroxylation is 2. The van der Waals surface area contributed by atoms with Crippen LogP contribution in [-0.4, -0.2) is 90.2 Å². The van der Waals surface area contributed by atoms with Crippen molar-refractivity contribution in [3.05, 3.63) is 16.8 Å². The van der Waals surface area contributed by atoms with Gasteiger partial charge in [-0.1, -0.05) is 0 Å². The second kappa shape index (κ2) is 9.06. The largest absolute Gasteiger partial charge is 0.383 e. The number of amides is 3. The molecule has 2 aromatic heterocycles. The van der Waals surface area contributed by atoms with E-state index in [1.807, 2.05) is 9.80 Å². The van der Waals surface area contributed by atoms with Crippen LogP contribution in [0.2, 0.25) is 0 Å². The maximum atomic E-state index is 13.3. The van der Waals surface area contributed by atoms with Crippen LogP contribution in [0.5, 0.6) is 0 Å². The molecule has 0 aliphatic carbocycles. The molecule has 10 heteroatoms. The van der Waals surface area contributed by atoms with Crippen LogP contribution >= 0.6 is 11.3 Å². The maximum absolute atomic E-state index is 13.3. The van der Waals surface area contributed by atoms with Crippen LogP contribution in [-0.2, 0) is 9.53 Å². The van der Waals surface area contributed by atoms with Crippen LogP contribution in [0.15, 0.2) is 6.33 Å². The minimum Gasteiger partial charge on any atom is -0.383 e. The lowest BCUT2D eigenvalue weighted by Gasteiger charge is -2.40. The number of anilines is 1. The number of urea groups is 1. The Balaban J connectivity index is 1.20. The third-order valence-electron chi connectivity index (χ3n) is 7.48. The monoisotopic (exact) mass is 472 g/mol. The Morgan fingerprint density at radius 2 is 2.00 bits per heavy atom. The Morgan fingerprint density at radius 1 is 1.21 bits per heavy atom. The normalized spacial score (nSPS) is 23.8. The number of nitrogens with zero attached hydrogens (tertiary/aromatic N) is 5. The summed E-state index contributed by atoms with van der Waals surface area (Å²) < 4.78 is 5.14. The number of piperidine rings is 2. The second-order valence-electron chi connectivity index (χ2n) is 9.30. The molecule has 178 valence electrons. The number of thiophene rings is 1. The maximum Gasteiger partial charge on any atom is 0.318 e. The number of methoxy groups -OCH3 is 1. The smallest absolute Gasteiger partial charge is 0.318 e. The zero-order chi connectivity index (χ0) is 23.1. The van der Waals surface area contributed by atoms with E-state index in [1.54, 1.807) is 24.8 Å². The van der Waals surface area contributed by atoms with E-state index in [1.165, 1.54) is 10.4 Å². The molecule has 5 rings (SSSR count). The van der Waals surface area contributed by atoms with Crippen LogP contribution in [0.1, 0.15) is 29.7 Å². The Morgan fingerprint density at radius 3 is 2.76 bits per heavy atom. The van der Waals surface area contributed by atoms with Gasteiger partial charge in [-0.15, -0.1) is 11.3 Å². The van der Waals surface area contributed by atoms with E-state index in [2.05, 4.69) is 34.0 Å². The van der Waals surface area contributed by atoms with E-state index in [4.69, 9.17) is 4.74 Å². The summed E-state index contributed by atoms with van der Waals surface area (Å²) >= 11 is 1.71. The summed E-state index contributed by atoms with van der Waals surface area (Å²) in [5.41, 5.74) is 1.25. The van der Waals surface area contributed by atoms with Gasteiger partial charge in [0.05, 0.1) is 24.1 Å². The van der Waals surface area contributed by atoms with Gasteiger partial charge in [0.25, 0.3) is 0 Å². The number of ether oxygens (including phenoxy) is 1. The second-order valence-corrected chi connectivity index (χ2v) is 10.5. The zero-order valence-electron chi connectivity index (χ0n) is 19.5. The molecule has 0 spiro atoms. The number of hydrogen-bond donors (Lipinski definition) is 1. The lowest BCUT2D eigenvalue weighted by Crippen LogP contribution is -2.55. The molecule has 5 heterocycles. The van der Waals surface area contributed by atoms with Gasteiger partial charge in [0.1, 0.15) is 17.0 Å². The van der Waals surface area contributed by atoms with Crippen LogP contribution in [0.3, 0.4) is 0 Å². The van der Waals surface area contributed by atoms with Gasteiger partial charge in [0.2, 0.25) is 5.91 Å². The molecule has 3 aliphatic rings. The highest BCUT2D eigenvalue weighted by Crippen LogP contribution is 2.36. The number of hydrogen-bond acceptors (Lipinski definition) is 7. The fourth-order valence-corrected chi connectivity index (χ4v) is 6.50. The third kappa shape index (κ3) is 4.03. The SMILES string of the molecule is COCCN1C(=O)N[C@H]2CN(C(=O)C3CCN(c4ncnc5sc(C)c(C)c45)CC3)CC[C@H]21. The number of carbonyl (C=O) groups excluding carboxylic acids is 2. The summed E-state index contributed by atoms with van der Waals surface area (Å²) in [6, 6.07) is 0.113. The lowest BCUT2D eigenvalue weighted by atomic mass is 9.92. The van der Waals surface area contributed by atoms with Crippen molar-refractivity contribution < 1.29 is 14.3 Å². The molecule has 0 unspecified atom stereocenters. The first-order chi connectivity index (χ1) is 16.0. The summed E-state index contributed by atoms with van der Waals surface area (Å²) in [6.07, 6.45) is 4.11. The van der Waals surface area contributed by atoms with E-state index in [9.17, 15) is 9.59 Å². The van der Waals surface area contributed by atoms with Crippen LogP contribution < -0.4 is 10.2 Å². The summed E-state index contributed by atoms with van der Waals surface area (Å²) in [5.74, 6) is 1.26. The number of aromatic nitrogens is 2. The predicted octanol–water partition coefficient (Wildman–Crippen LogP) is 2.17. The molecule has 3 amide bonds. The van der Waals surface area contributed by atoms with Crippen LogP contribution in [0.4, 0.5) is 10.6 Å². The van der Waals surface area contributed by atoms with Crippen molar-refractivity contribution in [1.29, 1.82) is 0 Å². The Labute approximate surface area is 198 Å². The van der Waals surface area contributed by atoms with E-state index in [0.717, 1.165) is 48.4 Å². The van der Waals surface area contributed by atoms with E-state index >= 15 is 0 Å². The average molecular weight is 473 g/mol. The molecule has 0 aromatic carbocycles. The number of rotatable bonds is 5. The van der Waals surface area contributed by atoms with Crippen molar-refractivity contribution in [2.24, 2.45) is 5.92 Å². The quantitative estimate of drug-likeness (QED) is 0.717. The summed E-state index contributed by atoms with van der Waals surface area (Å²) in [5, 5.41) is 4.23. The molecule has 3 aliphatic heterocycles. The average Bonchev–Trinajstić information content (AvgIpc) is 3.31. The summed E-state index contributed by atoms with van der Waals surface area (Å²) in [7, 11) is 1.65. The van der Waals surface area contributed by atoms with Gasteiger partial charge < -0.3 is 24.8 Å². The van der Waals surface area contributed by atoms with Crippen molar-refractivity contribution >= 4 is 39.3 Å². The van der Waals surface area contributed by atoms with Crippen molar-refractivity contribution in [2.45, 2.75) is 45.2 Å². The molecule has 9 nitrogen and oxygen atoms in total. The first-order valence-corrected chi connectivity index (χ1v) is 12.6. The summed E-state index contributed by atoms with van der Waals surface area (Å²) in [6.45, 7) is 8.33. The summed E-state index contributed by atoms with van der Waals surface area (Å²) in [4.78, 5) is 43.2. The number of nitrogens with one attached hydrogen (secondary N) is 1. The first-order valence-electron chi connectivity index (χ1n) is 11.8. The fourth-order valence-electron chi connectivity index (χ4n) is 5.50. The van der Waals surface area contributed by atoms with Crippen molar-refractivity contribution in [1.82, 2.24) is 25.1 Å². The fraction of sp³-hybridized carbons (Fsp3) is 0.652. The molecule has 0 bridgehead atoms. The minimum atomic E-state index is -0.0419. The molecule has 3 fully saturated rings. The minimum absolute atomic E-state index is 0.00579. The van der Waals surface area contributed by atoms with E-state index in [0.29, 0.717) is 26.2 Å². The van der Waals surface area contributed by atoms with Gasteiger partial charge in [-0.2, -0.15) is 0 Å². The number of fused-ring (bicyclic) bond motifs is 2. The van der Waals surface area contributed by atoms with Gasteiger partial charge in [0, 0.05) is 50.6 Å². The lowest BCUT2D eigenvalue weighted by molar-refractivity contribution is -0.137. The van der Waals surface area contributed by atoms with Crippen LogP contribution in [0.25, 0.3) is 10.2 Å². The Kier molecular flexibility index (Phi) is 6.13. The van der Waals surface area contributed by atoms with Crippen molar-refractivity contribution in [2.75, 3.05) is 51.3 Å². The molecular formula is C23H32N6O3S. The predicted molar refractivity (Wildman–Crippen MR) is 128 cm³/mol. The van der Waals surface area contributed by atoms with Crippen LogP contribution in [0, 0.1) is 19.8 Å². The zero-order valence-corrected chi connectivity index (χ0v) is 20.4. The van der Waals surface area contributed by atoms with Gasteiger partial charge in [-0.05, 0) is 38.7 Å². The molecule has 2 atom stereocenters. The Hall–Kier alpha value is -2.46. The van der Waals surface area contributed by atoms with Gasteiger partial charge in [-0.3, -0.25) is 4.79 Å². The topological polar surface area (TPSA) is 90.9 Å². The molecule has 3 saturated heterocycles. The van der Waals surface area contributed by atoms with Crippen molar-refractivity contribution in [3.63, 3.8) is 0 Å². The standard InChI is InChI=1S/C23H32N6O3S/c1-14-15(2)33-21-19(14)20(24-13-25-21)27-7-4-16(5-8-27)22(30)28-9-6-18-17(12-28)26-23(31)29(18)10-11-32-3/h13,16-18H,4-12H2,1-3H3,(H,26,31)/t17-,18+/m0/s1. The Bertz CT molecular complexity index is 1050. The highest BCUT2D eigenvalue weighted by molar-refractivity contribution is 7.18. The molecule has 2 aromatic rings. The molecule has 0 saturated carbocycles. The van der Waals surface area contributed by atoms with E-state index < -0.39 is 0 Å². The van der Waals surface area contributed by atoms with E-state index in [-0.39, 0.29) is 29.9 Å². The third-order valence-corrected chi connectivity index (χ3v) is 8.60. The highest BCUT2D eigenvalue weighted by atomic mass is 32.1. The van der Waals surface area contributed by atoms with Gasteiger partial charge >= 0.3 is 6.03 Å². The molecule has 1 N–H and O–H groups in total. The van der Waals surface area contributed by atoms with Gasteiger partial charge in [0.15, 0.2) is 0 Å². The van der Waals surface area contributed by atoms with Gasteiger partial charge in [-0.25, -0.2) is 14.8 Å². The van der Waals surface area contributed by atoms with Crippen molar-refractivity contribution in [3.8, 4) is 0 Å². The molecule has 0 radical (unpaired) electrons. The number of likely N-dealkylation sites (tertiary alicyclic amines) is 1. The number of carbonyl (C=O) groups is 2.